The zero-order chi connectivity index (χ0) is 14.6. The Hall–Kier alpha value is -1.96. The summed E-state index contributed by atoms with van der Waals surface area (Å²) < 4.78 is 22.1. The lowest BCUT2D eigenvalue weighted by atomic mass is 10.2. The van der Waals surface area contributed by atoms with Crippen LogP contribution >= 0.6 is 0 Å². The van der Waals surface area contributed by atoms with Crippen molar-refractivity contribution in [2.24, 2.45) is 0 Å². The van der Waals surface area contributed by atoms with Gasteiger partial charge < -0.3 is 10.4 Å². The van der Waals surface area contributed by atoms with Gasteiger partial charge in [-0.2, -0.15) is 0 Å². The maximum absolute atomic E-state index is 11.8. The molecule has 0 bridgehead atoms. The van der Waals surface area contributed by atoms with Crippen LogP contribution in [0, 0.1) is 0 Å². The van der Waals surface area contributed by atoms with E-state index >= 15 is 0 Å². The average molecular weight is 286 g/mol. The predicted octanol–water partition coefficient (Wildman–Crippen LogP) is -0.0573. The van der Waals surface area contributed by atoms with Crippen molar-refractivity contribution in [3.8, 4) is 0 Å². The van der Waals surface area contributed by atoms with Crippen molar-refractivity contribution in [2.75, 3.05) is 12.0 Å². The van der Waals surface area contributed by atoms with Gasteiger partial charge in [-0.3, -0.25) is 4.79 Å². The monoisotopic (exact) mass is 286 g/mol. The number of aromatic nitrogens is 1. The third-order valence-corrected chi connectivity index (χ3v) is 3.28. The van der Waals surface area contributed by atoms with E-state index in [-0.39, 0.29) is 17.0 Å². The van der Waals surface area contributed by atoms with Crippen LogP contribution < -0.4 is 5.32 Å². The molecule has 7 nitrogen and oxygen atoms in total. The standard InChI is InChI=1S/C11H14N2O5S/c1-7(6-19(2,17)18)13-10(14)8-3-4-12-9(5-8)11(15)16/h3-5,7H,6H2,1-2H3,(H,13,14)(H,15,16). The summed E-state index contributed by atoms with van der Waals surface area (Å²) >= 11 is 0. The minimum atomic E-state index is -3.19. The van der Waals surface area contributed by atoms with E-state index in [1.165, 1.54) is 12.3 Å². The fourth-order valence-corrected chi connectivity index (χ4v) is 2.48. The summed E-state index contributed by atoms with van der Waals surface area (Å²) in [6.07, 6.45) is 2.28. The summed E-state index contributed by atoms with van der Waals surface area (Å²) in [4.78, 5) is 26.1. The third kappa shape index (κ3) is 5.04. The van der Waals surface area contributed by atoms with Crippen LogP contribution in [0.4, 0.5) is 0 Å². The van der Waals surface area contributed by atoms with Gasteiger partial charge in [0.15, 0.2) is 0 Å². The van der Waals surface area contributed by atoms with Gasteiger partial charge in [0.1, 0.15) is 15.5 Å². The van der Waals surface area contributed by atoms with Crippen molar-refractivity contribution in [2.45, 2.75) is 13.0 Å². The topological polar surface area (TPSA) is 113 Å². The molecule has 8 heteroatoms. The van der Waals surface area contributed by atoms with Gasteiger partial charge in [0.05, 0.1) is 5.75 Å². The smallest absolute Gasteiger partial charge is 0.354 e. The van der Waals surface area contributed by atoms with E-state index in [1.807, 2.05) is 0 Å². The Balaban J connectivity index is 2.78. The second-order valence-electron chi connectivity index (χ2n) is 4.20. The van der Waals surface area contributed by atoms with E-state index in [1.54, 1.807) is 6.92 Å². The van der Waals surface area contributed by atoms with Crippen LogP contribution in [-0.4, -0.2) is 48.4 Å². The minimum Gasteiger partial charge on any atom is -0.477 e. The van der Waals surface area contributed by atoms with Crippen molar-refractivity contribution in [3.63, 3.8) is 0 Å². The van der Waals surface area contributed by atoms with Crippen LogP contribution in [0.1, 0.15) is 27.8 Å². The highest BCUT2D eigenvalue weighted by Gasteiger charge is 2.15. The molecule has 1 rings (SSSR count). The molecule has 0 aliphatic carbocycles. The Kier molecular flexibility index (Phi) is 4.60. The summed E-state index contributed by atoms with van der Waals surface area (Å²) in [6, 6.07) is 1.92. The van der Waals surface area contributed by atoms with Crippen LogP contribution in [0.25, 0.3) is 0 Å². The molecule has 1 unspecified atom stereocenters. The molecule has 0 radical (unpaired) electrons. The lowest BCUT2D eigenvalue weighted by Crippen LogP contribution is -2.37. The van der Waals surface area contributed by atoms with Gasteiger partial charge in [-0.25, -0.2) is 18.2 Å². The molecule has 0 aliphatic rings. The SMILES string of the molecule is CC(CS(C)(=O)=O)NC(=O)c1ccnc(C(=O)O)c1. The summed E-state index contributed by atoms with van der Waals surface area (Å²) in [7, 11) is -3.19. The Morgan fingerprint density at radius 1 is 1.47 bits per heavy atom. The molecule has 0 aliphatic heterocycles. The van der Waals surface area contributed by atoms with Crippen LogP contribution in [0.15, 0.2) is 18.3 Å². The molecule has 1 aromatic heterocycles. The number of pyridine rings is 1. The Bertz CT molecular complexity index is 597. The number of carbonyl (C=O) groups is 2. The molecule has 0 aromatic carbocycles. The second-order valence-corrected chi connectivity index (χ2v) is 6.39. The van der Waals surface area contributed by atoms with Crippen molar-refractivity contribution < 1.29 is 23.1 Å². The van der Waals surface area contributed by atoms with Gasteiger partial charge in [0, 0.05) is 24.1 Å². The maximum Gasteiger partial charge on any atom is 0.354 e. The molecule has 1 atom stereocenters. The molecule has 1 heterocycles. The second kappa shape index (κ2) is 5.79. The summed E-state index contributed by atoms with van der Waals surface area (Å²) in [5.74, 6) is -1.96. The van der Waals surface area contributed by atoms with E-state index in [0.29, 0.717) is 0 Å². The van der Waals surface area contributed by atoms with E-state index in [9.17, 15) is 18.0 Å². The number of aromatic carboxylic acids is 1. The number of nitrogens with zero attached hydrogens (tertiary/aromatic N) is 1. The number of hydrogen-bond donors (Lipinski definition) is 2. The first-order valence-corrected chi connectivity index (χ1v) is 7.43. The largest absolute Gasteiger partial charge is 0.477 e. The number of carboxylic acids is 1. The normalized spacial score (nSPS) is 12.7. The average Bonchev–Trinajstić information content (AvgIpc) is 2.26. The molecular formula is C11H14N2O5S. The molecule has 0 saturated carbocycles. The molecule has 2 N–H and O–H groups in total. The summed E-state index contributed by atoms with van der Waals surface area (Å²) in [5, 5.41) is 11.2. The molecular weight excluding hydrogens is 272 g/mol. The molecule has 104 valence electrons. The number of sulfone groups is 1. The molecule has 0 saturated heterocycles. The van der Waals surface area contributed by atoms with Gasteiger partial charge in [-0.05, 0) is 19.1 Å². The predicted molar refractivity (Wildman–Crippen MR) is 67.8 cm³/mol. The lowest BCUT2D eigenvalue weighted by Gasteiger charge is -2.12. The highest BCUT2D eigenvalue weighted by atomic mass is 32.2. The van der Waals surface area contributed by atoms with E-state index in [4.69, 9.17) is 5.11 Å². The van der Waals surface area contributed by atoms with Gasteiger partial charge in [0.2, 0.25) is 0 Å². The highest BCUT2D eigenvalue weighted by molar-refractivity contribution is 7.90. The number of rotatable bonds is 5. The fourth-order valence-electron chi connectivity index (χ4n) is 1.49. The van der Waals surface area contributed by atoms with Crippen molar-refractivity contribution in [1.82, 2.24) is 10.3 Å². The van der Waals surface area contributed by atoms with E-state index in [2.05, 4.69) is 10.3 Å². The number of carboxylic acid groups (broad SMARTS) is 1. The number of carbonyl (C=O) groups excluding carboxylic acids is 1. The van der Waals surface area contributed by atoms with E-state index < -0.39 is 27.8 Å². The first-order valence-electron chi connectivity index (χ1n) is 5.37. The Morgan fingerprint density at radius 3 is 2.63 bits per heavy atom. The maximum atomic E-state index is 11.8. The van der Waals surface area contributed by atoms with Crippen LogP contribution in [0.3, 0.4) is 0 Å². The first kappa shape index (κ1) is 15.1. The molecule has 0 spiro atoms. The van der Waals surface area contributed by atoms with Crippen LogP contribution in [0.5, 0.6) is 0 Å². The number of amides is 1. The number of nitrogens with one attached hydrogen (secondary N) is 1. The Morgan fingerprint density at radius 2 is 2.11 bits per heavy atom. The number of hydrogen-bond acceptors (Lipinski definition) is 5. The van der Waals surface area contributed by atoms with Crippen molar-refractivity contribution in [1.29, 1.82) is 0 Å². The van der Waals surface area contributed by atoms with Crippen LogP contribution in [0.2, 0.25) is 0 Å². The van der Waals surface area contributed by atoms with Gasteiger partial charge >= 0.3 is 5.97 Å². The lowest BCUT2D eigenvalue weighted by molar-refractivity contribution is 0.0690. The highest BCUT2D eigenvalue weighted by Crippen LogP contribution is 2.03. The van der Waals surface area contributed by atoms with Crippen LogP contribution in [-0.2, 0) is 9.84 Å². The van der Waals surface area contributed by atoms with Gasteiger partial charge in [0.25, 0.3) is 5.91 Å². The summed E-state index contributed by atoms with van der Waals surface area (Å²) in [5.41, 5.74) is -0.129. The molecule has 1 aromatic rings. The minimum absolute atomic E-state index is 0.118. The van der Waals surface area contributed by atoms with E-state index in [0.717, 1.165) is 12.3 Å². The molecule has 0 fully saturated rings. The first-order chi connectivity index (χ1) is 8.69. The van der Waals surface area contributed by atoms with Gasteiger partial charge in [-0.1, -0.05) is 0 Å². The third-order valence-electron chi connectivity index (χ3n) is 2.17. The fraction of sp³-hybridized carbons (Fsp3) is 0.364. The molecule has 1 amide bonds. The molecule has 19 heavy (non-hydrogen) atoms. The zero-order valence-electron chi connectivity index (χ0n) is 10.5. The quantitative estimate of drug-likeness (QED) is 0.784. The summed E-state index contributed by atoms with van der Waals surface area (Å²) in [6.45, 7) is 1.55. The van der Waals surface area contributed by atoms with Crippen molar-refractivity contribution >= 4 is 21.7 Å². The zero-order valence-corrected chi connectivity index (χ0v) is 11.3. The van der Waals surface area contributed by atoms with Crippen molar-refractivity contribution in [3.05, 3.63) is 29.6 Å². The van der Waals surface area contributed by atoms with Gasteiger partial charge in [-0.15, -0.1) is 0 Å². The Labute approximate surface area is 110 Å².